The summed E-state index contributed by atoms with van der Waals surface area (Å²) >= 11 is 1.77. The number of carbonyl (C=O) groups is 1. The Balaban J connectivity index is 1.30. The van der Waals surface area contributed by atoms with Gasteiger partial charge in [0, 0.05) is 53.1 Å². The molecule has 1 amide bonds. The lowest BCUT2D eigenvalue weighted by molar-refractivity contribution is -0.132. The first-order valence-electron chi connectivity index (χ1n) is 9.26. The fourth-order valence-corrected chi connectivity index (χ4v) is 4.30. The number of hydrogen-bond donors (Lipinski definition) is 0. The molecule has 7 heteroatoms. The van der Waals surface area contributed by atoms with E-state index in [1.54, 1.807) is 23.7 Å². The van der Waals surface area contributed by atoms with Crippen molar-refractivity contribution in [1.82, 2.24) is 20.0 Å². The van der Waals surface area contributed by atoms with Crippen molar-refractivity contribution in [1.29, 1.82) is 0 Å². The zero-order valence-electron chi connectivity index (χ0n) is 15.3. The quantitative estimate of drug-likeness (QED) is 0.670. The highest BCUT2D eigenvalue weighted by Crippen LogP contribution is 2.28. The molecule has 140 valence electrons. The summed E-state index contributed by atoms with van der Waals surface area (Å²) in [6, 6.07) is 7.94. The Bertz CT molecular complexity index is 898. The fraction of sp³-hybridized carbons (Fsp3) is 0.400. The maximum atomic E-state index is 12.5. The van der Waals surface area contributed by atoms with Gasteiger partial charge in [0.2, 0.25) is 5.91 Å². The molecular formula is C20H22N4O2S. The third-order valence-corrected chi connectivity index (χ3v) is 6.02. The Morgan fingerprint density at radius 3 is 2.70 bits per heavy atom. The Hall–Kier alpha value is -2.54. The molecule has 0 radical (unpaired) electrons. The lowest BCUT2D eigenvalue weighted by atomic mass is 9.96. The monoisotopic (exact) mass is 382 g/mol. The molecule has 1 saturated heterocycles. The molecule has 0 spiro atoms. The maximum absolute atomic E-state index is 12.5. The van der Waals surface area contributed by atoms with Crippen LogP contribution in [0.25, 0.3) is 11.5 Å². The number of thiophene rings is 1. The SMILES string of the molecule is Cc1ccc(CCC(=O)N2CCC(c3noc(-c4ccncc4)n3)CC2)s1. The van der Waals surface area contributed by atoms with E-state index in [1.807, 2.05) is 17.0 Å². The number of likely N-dealkylation sites (tertiary alicyclic amines) is 1. The third-order valence-electron chi connectivity index (χ3n) is 4.96. The van der Waals surface area contributed by atoms with Crippen molar-refractivity contribution in [2.45, 2.75) is 38.5 Å². The topological polar surface area (TPSA) is 72.1 Å². The van der Waals surface area contributed by atoms with Crippen LogP contribution in [0.2, 0.25) is 0 Å². The molecule has 1 fully saturated rings. The van der Waals surface area contributed by atoms with Gasteiger partial charge in [-0.2, -0.15) is 4.98 Å². The van der Waals surface area contributed by atoms with E-state index in [0.717, 1.165) is 43.7 Å². The Morgan fingerprint density at radius 1 is 1.22 bits per heavy atom. The lowest BCUT2D eigenvalue weighted by Gasteiger charge is -2.30. The van der Waals surface area contributed by atoms with Crippen molar-refractivity contribution < 1.29 is 9.32 Å². The first-order chi connectivity index (χ1) is 13.2. The van der Waals surface area contributed by atoms with Gasteiger partial charge in [0.1, 0.15) is 0 Å². The number of aromatic nitrogens is 3. The summed E-state index contributed by atoms with van der Waals surface area (Å²) in [5, 5.41) is 4.16. The van der Waals surface area contributed by atoms with Gasteiger partial charge in [0.25, 0.3) is 5.89 Å². The zero-order valence-corrected chi connectivity index (χ0v) is 16.1. The van der Waals surface area contributed by atoms with E-state index in [0.29, 0.717) is 12.3 Å². The molecule has 1 aliphatic heterocycles. The van der Waals surface area contributed by atoms with E-state index in [1.165, 1.54) is 9.75 Å². The average Bonchev–Trinajstić information content (AvgIpc) is 3.36. The highest BCUT2D eigenvalue weighted by molar-refractivity contribution is 7.11. The minimum Gasteiger partial charge on any atom is -0.343 e. The highest BCUT2D eigenvalue weighted by atomic mass is 32.1. The molecule has 3 aromatic rings. The van der Waals surface area contributed by atoms with Crippen molar-refractivity contribution in [2.75, 3.05) is 13.1 Å². The third kappa shape index (κ3) is 4.24. The number of nitrogens with zero attached hydrogens (tertiary/aromatic N) is 4. The van der Waals surface area contributed by atoms with Crippen molar-refractivity contribution in [2.24, 2.45) is 0 Å². The number of piperidine rings is 1. The van der Waals surface area contributed by atoms with Crippen LogP contribution in [0.15, 0.2) is 41.2 Å². The maximum Gasteiger partial charge on any atom is 0.258 e. The number of rotatable bonds is 5. The van der Waals surface area contributed by atoms with Gasteiger partial charge in [-0.1, -0.05) is 5.16 Å². The Morgan fingerprint density at radius 2 is 2.00 bits per heavy atom. The summed E-state index contributed by atoms with van der Waals surface area (Å²) in [5.74, 6) is 1.75. The summed E-state index contributed by atoms with van der Waals surface area (Å²) in [6.45, 7) is 3.61. The van der Waals surface area contributed by atoms with Crippen LogP contribution in [0.5, 0.6) is 0 Å². The van der Waals surface area contributed by atoms with Crippen LogP contribution in [0.4, 0.5) is 0 Å². The van der Waals surface area contributed by atoms with Crippen LogP contribution in [-0.4, -0.2) is 39.0 Å². The fourth-order valence-electron chi connectivity index (χ4n) is 3.41. The molecule has 0 N–H and O–H groups in total. The van der Waals surface area contributed by atoms with E-state index >= 15 is 0 Å². The van der Waals surface area contributed by atoms with Gasteiger partial charge in [-0.25, -0.2) is 0 Å². The number of aryl methyl sites for hydroxylation is 2. The Labute approximate surface area is 162 Å². The van der Waals surface area contributed by atoms with Gasteiger partial charge in [-0.15, -0.1) is 11.3 Å². The second-order valence-corrected chi connectivity index (χ2v) is 8.23. The molecule has 0 unspecified atom stereocenters. The summed E-state index contributed by atoms with van der Waals surface area (Å²) in [4.78, 5) is 25.6. The van der Waals surface area contributed by atoms with Crippen molar-refractivity contribution >= 4 is 17.2 Å². The minimum atomic E-state index is 0.241. The first kappa shape index (κ1) is 17.9. The van der Waals surface area contributed by atoms with Gasteiger partial charge in [0.15, 0.2) is 5.82 Å². The van der Waals surface area contributed by atoms with Crippen LogP contribution in [0, 0.1) is 6.92 Å². The number of amides is 1. The van der Waals surface area contributed by atoms with Crippen LogP contribution in [0.3, 0.4) is 0 Å². The first-order valence-corrected chi connectivity index (χ1v) is 10.1. The molecule has 6 nitrogen and oxygen atoms in total. The van der Waals surface area contributed by atoms with E-state index in [-0.39, 0.29) is 11.8 Å². The summed E-state index contributed by atoms with van der Waals surface area (Å²) in [7, 11) is 0. The summed E-state index contributed by atoms with van der Waals surface area (Å²) < 4.78 is 5.40. The van der Waals surface area contributed by atoms with Crippen molar-refractivity contribution in [3.05, 3.63) is 52.2 Å². The molecular weight excluding hydrogens is 360 g/mol. The van der Waals surface area contributed by atoms with Crippen LogP contribution >= 0.6 is 11.3 Å². The molecule has 0 atom stereocenters. The van der Waals surface area contributed by atoms with Crippen LogP contribution in [0.1, 0.15) is 40.8 Å². The smallest absolute Gasteiger partial charge is 0.258 e. The highest BCUT2D eigenvalue weighted by Gasteiger charge is 2.27. The van der Waals surface area contributed by atoms with E-state index < -0.39 is 0 Å². The molecule has 4 heterocycles. The summed E-state index contributed by atoms with van der Waals surface area (Å²) in [5.41, 5.74) is 0.875. The Kier molecular flexibility index (Phi) is 5.29. The van der Waals surface area contributed by atoms with Gasteiger partial charge in [0.05, 0.1) is 0 Å². The molecule has 1 aliphatic rings. The number of hydrogen-bond acceptors (Lipinski definition) is 6. The molecule has 4 rings (SSSR count). The molecule has 3 aromatic heterocycles. The second kappa shape index (κ2) is 8.00. The molecule has 0 saturated carbocycles. The van der Waals surface area contributed by atoms with E-state index in [9.17, 15) is 4.79 Å². The summed E-state index contributed by atoms with van der Waals surface area (Å²) in [6.07, 6.45) is 6.58. The minimum absolute atomic E-state index is 0.241. The van der Waals surface area contributed by atoms with Gasteiger partial charge >= 0.3 is 0 Å². The molecule has 0 aromatic carbocycles. The van der Waals surface area contributed by atoms with Crippen molar-refractivity contribution in [3.63, 3.8) is 0 Å². The normalized spacial score (nSPS) is 15.2. The van der Waals surface area contributed by atoms with Crippen molar-refractivity contribution in [3.8, 4) is 11.5 Å². The number of carbonyl (C=O) groups excluding carboxylic acids is 1. The second-order valence-electron chi connectivity index (χ2n) is 6.86. The van der Waals surface area contributed by atoms with Gasteiger partial charge < -0.3 is 9.42 Å². The predicted octanol–water partition coefficient (Wildman–Crippen LogP) is 3.84. The molecule has 0 bridgehead atoms. The van der Waals surface area contributed by atoms with Crippen LogP contribution < -0.4 is 0 Å². The lowest BCUT2D eigenvalue weighted by Crippen LogP contribution is -2.38. The largest absolute Gasteiger partial charge is 0.343 e. The van der Waals surface area contributed by atoms with E-state index in [4.69, 9.17) is 4.52 Å². The molecule has 27 heavy (non-hydrogen) atoms. The predicted molar refractivity (Wildman–Crippen MR) is 103 cm³/mol. The van der Waals surface area contributed by atoms with E-state index in [2.05, 4.69) is 34.2 Å². The molecule has 0 aliphatic carbocycles. The average molecular weight is 382 g/mol. The zero-order chi connectivity index (χ0) is 18.6. The number of pyridine rings is 1. The van der Waals surface area contributed by atoms with Crippen LogP contribution in [-0.2, 0) is 11.2 Å². The van der Waals surface area contributed by atoms with Gasteiger partial charge in [-0.05, 0) is 50.5 Å². The van der Waals surface area contributed by atoms with Gasteiger partial charge in [-0.3, -0.25) is 9.78 Å². The standard InChI is InChI=1S/C20H22N4O2S/c1-14-2-3-17(27-14)4-5-18(25)24-12-8-15(9-13-24)19-22-20(26-23-19)16-6-10-21-11-7-16/h2-3,6-7,10-11,15H,4-5,8-9,12-13H2,1H3.